The molecule has 0 bridgehead atoms. The molecule has 4 N–H and O–H groups in total. The second-order valence-corrected chi connectivity index (χ2v) is 4.35. The molecule has 0 aromatic heterocycles. The standard InChI is InChI=1S/C10H11BrN4/c11-7-3-1-2-6(4-7)5-8-9(12)14-15-10(8)13/h1-4,8H,5H2,(H2,12,14)(H2,13,15). The van der Waals surface area contributed by atoms with Crippen LogP contribution in [0.1, 0.15) is 5.56 Å². The molecule has 2 rings (SSSR count). The van der Waals surface area contributed by atoms with Gasteiger partial charge in [0.25, 0.3) is 0 Å². The van der Waals surface area contributed by atoms with E-state index in [0.717, 1.165) is 16.5 Å². The van der Waals surface area contributed by atoms with E-state index in [-0.39, 0.29) is 5.92 Å². The zero-order valence-electron chi connectivity index (χ0n) is 8.02. The smallest absolute Gasteiger partial charge is 0.133 e. The molecule has 0 saturated heterocycles. The van der Waals surface area contributed by atoms with Gasteiger partial charge in [0.05, 0.1) is 5.92 Å². The molecule has 0 aliphatic carbocycles. The summed E-state index contributed by atoms with van der Waals surface area (Å²) in [5.41, 5.74) is 12.6. The molecule has 1 aromatic rings. The van der Waals surface area contributed by atoms with Crippen molar-refractivity contribution < 1.29 is 0 Å². The minimum absolute atomic E-state index is 0.0562. The van der Waals surface area contributed by atoms with E-state index in [4.69, 9.17) is 11.5 Å². The summed E-state index contributed by atoms with van der Waals surface area (Å²) in [6.07, 6.45) is 0.740. The normalized spacial score (nSPS) is 16.3. The molecule has 1 aromatic carbocycles. The fourth-order valence-corrected chi connectivity index (χ4v) is 1.96. The zero-order chi connectivity index (χ0) is 10.8. The highest BCUT2D eigenvalue weighted by Crippen LogP contribution is 2.17. The highest BCUT2D eigenvalue weighted by atomic mass is 79.9. The Kier molecular flexibility index (Phi) is 2.73. The van der Waals surface area contributed by atoms with Crippen LogP contribution in [0.15, 0.2) is 38.9 Å². The van der Waals surface area contributed by atoms with Crippen molar-refractivity contribution in [2.24, 2.45) is 27.6 Å². The van der Waals surface area contributed by atoms with Crippen molar-refractivity contribution in [2.45, 2.75) is 6.42 Å². The van der Waals surface area contributed by atoms with Crippen molar-refractivity contribution in [3.05, 3.63) is 34.3 Å². The summed E-state index contributed by atoms with van der Waals surface area (Å²) in [6.45, 7) is 0. The molecule has 0 unspecified atom stereocenters. The summed E-state index contributed by atoms with van der Waals surface area (Å²) in [6, 6.07) is 8.03. The Labute approximate surface area is 96.2 Å². The molecule has 1 aliphatic heterocycles. The monoisotopic (exact) mass is 266 g/mol. The summed E-state index contributed by atoms with van der Waals surface area (Å²) in [4.78, 5) is 0. The van der Waals surface area contributed by atoms with Crippen LogP contribution in [0.2, 0.25) is 0 Å². The molecule has 0 radical (unpaired) electrons. The Hall–Kier alpha value is -1.36. The third kappa shape index (κ3) is 2.18. The number of halogens is 1. The van der Waals surface area contributed by atoms with Crippen molar-refractivity contribution in [1.29, 1.82) is 0 Å². The second kappa shape index (κ2) is 4.02. The Morgan fingerprint density at radius 2 is 1.87 bits per heavy atom. The van der Waals surface area contributed by atoms with Gasteiger partial charge in [-0.05, 0) is 24.1 Å². The summed E-state index contributed by atoms with van der Waals surface area (Å²) >= 11 is 3.42. The molecule has 1 heterocycles. The molecule has 15 heavy (non-hydrogen) atoms. The molecule has 0 amide bonds. The van der Waals surface area contributed by atoms with Crippen LogP contribution in [0, 0.1) is 5.92 Å². The Morgan fingerprint density at radius 3 is 2.47 bits per heavy atom. The maximum atomic E-state index is 5.70. The van der Waals surface area contributed by atoms with Crippen LogP contribution < -0.4 is 11.5 Å². The number of benzene rings is 1. The van der Waals surface area contributed by atoms with Gasteiger partial charge in [-0.1, -0.05) is 28.1 Å². The maximum Gasteiger partial charge on any atom is 0.133 e. The quantitative estimate of drug-likeness (QED) is 0.846. The number of nitrogens with two attached hydrogens (primary N) is 2. The van der Waals surface area contributed by atoms with E-state index >= 15 is 0 Å². The first-order valence-electron chi connectivity index (χ1n) is 4.57. The molecule has 5 heteroatoms. The highest BCUT2D eigenvalue weighted by Gasteiger charge is 2.23. The SMILES string of the molecule is NC1=NN=C(N)C1Cc1cccc(Br)c1. The van der Waals surface area contributed by atoms with Crippen molar-refractivity contribution in [1.82, 2.24) is 0 Å². The van der Waals surface area contributed by atoms with E-state index in [1.165, 1.54) is 0 Å². The van der Waals surface area contributed by atoms with Crippen LogP contribution in [0.4, 0.5) is 0 Å². The van der Waals surface area contributed by atoms with E-state index in [0.29, 0.717) is 11.7 Å². The van der Waals surface area contributed by atoms with Gasteiger partial charge >= 0.3 is 0 Å². The summed E-state index contributed by atoms with van der Waals surface area (Å²) in [5.74, 6) is 0.930. The van der Waals surface area contributed by atoms with E-state index in [1.807, 2.05) is 24.3 Å². The van der Waals surface area contributed by atoms with Gasteiger partial charge in [-0.2, -0.15) is 0 Å². The predicted molar refractivity (Wildman–Crippen MR) is 64.6 cm³/mol. The van der Waals surface area contributed by atoms with Crippen LogP contribution in [0.25, 0.3) is 0 Å². The molecule has 0 atom stereocenters. The van der Waals surface area contributed by atoms with Crippen LogP contribution in [0.3, 0.4) is 0 Å². The van der Waals surface area contributed by atoms with E-state index < -0.39 is 0 Å². The van der Waals surface area contributed by atoms with Gasteiger partial charge in [0.1, 0.15) is 11.7 Å². The van der Waals surface area contributed by atoms with E-state index in [1.54, 1.807) is 0 Å². The Balaban J connectivity index is 2.16. The summed E-state index contributed by atoms with van der Waals surface area (Å²) in [7, 11) is 0. The molecule has 1 aliphatic rings. The highest BCUT2D eigenvalue weighted by molar-refractivity contribution is 9.10. The molecule has 0 saturated carbocycles. The first-order chi connectivity index (χ1) is 7.16. The van der Waals surface area contributed by atoms with Gasteiger partial charge in [0.15, 0.2) is 0 Å². The summed E-state index contributed by atoms with van der Waals surface area (Å²) < 4.78 is 1.05. The molecule has 4 nitrogen and oxygen atoms in total. The number of hydrogen-bond donors (Lipinski definition) is 2. The number of rotatable bonds is 2. The van der Waals surface area contributed by atoms with Gasteiger partial charge in [0.2, 0.25) is 0 Å². The van der Waals surface area contributed by atoms with Crippen LogP contribution in [-0.2, 0) is 6.42 Å². The maximum absolute atomic E-state index is 5.70. The molecule has 0 spiro atoms. The second-order valence-electron chi connectivity index (χ2n) is 3.44. The lowest BCUT2D eigenvalue weighted by atomic mass is 9.98. The van der Waals surface area contributed by atoms with Crippen LogP contribution in [-0.4, -0.2) is 11.7 Å². The van der Waals surface area contributed by atoms with Gasteiger partial charge in [-0.25, -0.2) is 0 Å². The Morgan fingerprint density at radius 1 is 1.20 bits per heavy atom. The lowest BCUT2D eigenvalue weighted by Gasteiger charge is -2.10. The van der Waals surface area contributed by atoms with Gasteiger partial charge < -0.3 is 11.5 Å². The minimum atomic E-state index is -0.0562. The zero-order valence-corrected chi connectivity index (χ0v) is 9.61. The largest absolute Gasteiger partial charge is 0.385 e. The average molecular weight is 267 g/mol. The Bertz CT molecular complexity index is 421. The average Bonchev–Trinajstić information content (AvgIpc) is 2.50. The molecular weight excluding hydrogens is 256 g/mol. The summed E-state index contributed by atoms with van der Waals surface area (Å²) in [5, 5.41) is 7.53. The lowest BCUT2D eigenvalue weighted by Crippen LogP contribution is -2.33. The van der Waals surface area contributed by atoms with Gasteiger partial charge in [0, 0.05) is 4.47 Å². The number of amidine groups is 2. The first-order valence-corrected chi connectivity index (χ1v) is 5.37. The number of hydrogen-bond acceptors (Lipinski definition) is 4. The number of nitrogens with zero attached hydrogens (tertiary/aromatic N) is 2. The first kappa shape index (κ1) is 10.2. The van der Waals surface area contributed by atoms with Gasteiger partial charge in [-0.3, -0.25) is 0 Å². The van der Waals surface area contributed by atoms with E-state index in [2.05, 4.69) is 26.1 Å². The van der Waals surface area contributed by atoms with Crippen molar-refractivity contribution >= 4 is 27.6 Å². The molecular formula is C10H11BrN4. The van der Waals surface area contributed by atoms with Gasteiger partial charge in [-0.15, -0.1) is 10.2 Å². The molecule has 78 valence electrons. The van der Waals surface area contributed by atoms with Crippen molar-refractivity contribution in [3.8, 4) is 0 Å². The molecule has 0 fully saturated rings. The predicted octanol–water partition coefficient (Wildman–Crippen LogP) is 1.25. The lowest BCUT2D eigenvalue weighted by molar-refractivity contribution is 0.891. The minimum Gasteiger partial charge on any atom is -0.385 e. The topological polar surface area (TPSA) is 76.8 Å². The fourth-order valence-electron chi connectivity index (χ4n) is 1.52. The van der Waals surface area contributed by atoms with Crippen LogP contribution in [0.5, 0.6) is 0 Å². The van der Waals surface area contributed by atoms with Crippen LogP contribution >= 0.6 is 15.9 Å². The van der Waals surface area contributed by atoms with Crippen molar-refractivity contribution in [2.75, 3.05) is 0 Å². The third-order valence-corrected chi connectivity index (χ3v) is 2.82. The van der Waals surface area contributed by atoms with Crippen molar-refractivity contribution in [3.63, 3.8) is 0 Å². The fraction of sp³-hybridized carbons (Fsp3) is 0.200. The van der Waals surface area contributed by atoms with E-state index in [9.17, 15) is 0 Å². The third-order valence-electron chi connectivity index (χ3n) is 2.32.